The van der Waals surface area contributed by atoms with Crippen molar-refractivity contribution in [1.82, 2.24) is 9.88 Å². The fraction of sp³-hybridized carbons (Fsp3) is 0.438. The number of rotatable bonds is 3. The van der Waals surface area contributed by atoms with Gasteiger partial charge in [-0.2, -0.15) is 0 Å². The number of carbonyl (C=O) groups excluding carboxylic acids is 1. The monoisotopic (exact) mass is 256 g/mol. The standard InChI is InChI=1S/C16H20N2O/c1-12-5-4-8-18(10-12)11-16(19)14-9-17-15-7-3-2-6-13(14)15/h2-3,6-7,9,12,17H,4-5,8,10-11H2,1H3. The highest BCUT2D eigenvalue weighted by Crippen LogP contribution is 2.20. The van der Waals surface area contributed by atoms with Crippen molar-refractivity contribution in [2.45, 2.75) is 19.8 Å². The molecule has 1 aromatic carbocycles. The molecule has 1 saturated heterocycles. The summed E-state index contributed by atoms with van der Waals surface area (Å²) >= 11 is 0. The lowest BCUT2D eigenvalue weighted by Crippen LogP contribution is -2.37. The van der Waals surface area contributed by atoms with Gasteiger partial charge in [-0.1, -0.05) is 25.1 Å². The Morgan fingerprint density at radius 2 is 2.26 bits per heavy atom. The quantitative estimate of drug-likeness (QED) is 0.857. The highest BCUT2D eigenvalue weighted by molar-refractivity contribution is 6.08. The number of piperidine rings is 1. The molecule has 0 saturated carbocycles. The Labute approximate surface area is 113 Å². The zero-order valence-corrected chi connectivity index (χ0v) is 11.4. The molecular formula is C16H20N2O. The summed E-state index contributed by atoms with van der Waals surface area (Å²) in [4.78, 5) is 17.9. The molecule has 1 aliphatic heterocycles. The van der Waals surface area contributed by atoms with E-state index < -0.39 is 0 Å². The Hall–Kier alpha value is -1.61. The molecule has 0 aliphatic carbocycles. The molecule has 1 fully saturated rings. The number of hydrogen-bond acceptors (Lipinski definition) is 2. The van der Waals surface area contributed by atoms with E-state index in [1.54, 1.807) is 0 Å². The lowest BCUT2D eigenvalue weighted by molar-refractivity contribution is 0.0894. The number of benzene rings is 1. The van der Waals surface area contributed by atoms with Crippen LogP contribution in [0.4, 0.5) is 0 Å². The van der Waals surface area contributed by atoms with Crippen LogP contribution in [0.3, 0.4) is 0 Å². The van der Waals surface area contributed by atoms with Gasteiger partial charge in [0.2, 0.25) is 0 Å². The van der Waals surface area contributed by atoms with E-state index in [-0.39, 0.29) is 5.78 Å². The van der Waals surface area contributed by atoms with Gasteiger partial charge < -0.3 is 4.98 Å². The number of hydrogen-bond donors (Lipinski definition) is 1. The minimum atomic E-state index is 0.228. The van der Waals surface area contributed by atoms with Crippen LogP contribution in [0.2, 0.25) is 0 Å². The largest absolute Gasteiger partial charge is 0.360 e. The molecule has 1 aromatic heterocycles. The molecule has 0 radical (unpaired) electrons. The number of ketones is 1. The molecule has 2 heterocycles. The van der Waals surface area contributed by atoms with E-state index in [0.29, 0.717) is 12.5 Å². The molecule has 0 amide bonds. The molecule has 3 nitrogen and oxygen atoms in total. The molecular weight excluding hydrogens is 236 g/mol. The van der Waals surface area contributed by atoms with E-state index in [4.69, 9.17) is 0 Å². The van der Waals surface area contributed by atoms with Gasteiger partial charge in [0.15, 0.2) is 5.78 Å². The van der Waals surface area contributed by atoms with Crippen molar-refractivity contribution in [3.63, 3.8) is 0 Å². The second-order valence-electron chi connectivity index (χ2n) is 5.65. The molecule has 2 aromatic rings. The molecule has 1 atom stereocenters. The van der Waals surface area contributed by atoms with E-state index >= 15 is 0 Å². The first-order valence-corrected chi connectivity index (χ1v) is 7.05. The molecule has 3 heteroatoms. The Morgan fingerprint density at radius 3 is 3.11 bits per heavy atom. The van der Waals surface area contributed by atoms with Gasteiger partial charge in [0, 0.05) is 29.2 Å². The van der Waals surface area contributed by atoms with Crippen molar-refractivity contribution in [2.75, 3.05) is 19.6 Å². The number of aromatic amines is 1. The van der Waals surface area contributed by atoms with Crippen LogP contribution in [0.5, 0.6) is 0 Å². The minimum Gasteiger partial charge on any atom is -0.360 e. The summed E-state index contributed by atoms with van der Waals surface area (Å²) in [5, 5.41) is 1.04. The second-order valence-corrected chi connectivity index (χ2v) is 5.65. The fourth-order valence-corrected chi connectivity index (χ4v) is 3.02. The smallest absolute Gasteiger partial charge is 0.178 e. The number of carbonyl (C=O) groups is 1. The van der Waals surface area contributed by atoms with Crippen LogP contribution in [-0.4, -0.2) is 35.3 Å². The Bertz CT molecular complexity index is 587. The number of H-pyrrole nitrogens is 1. The van der Waals surface area contributed by atoms with Crippen molar-refractivity contribution in [3.05, 3.63) is 36.0 Å². The van der Waals surface area contributed by atoms with Gasteiger partial charge in [0.1, 0.15) is 0 Å². The number of likely N-dealkylation sites (tertiary alicyclic amines) is 1. The molecule has 100 valence electrons. The number of fused-ring (bicyclic) bond motifs is 1. The lowest BCUT2D eigenvalue weighted by atomic mass is 9.99. The zero-order valence-electron chi connectivity index (χ0n) is 11.4. The summed E-state index contributed by atoms with van der Waals surface area (Å²) in [6.07, 6.45) is 4.35. The predicted octanol–water partition coefficient (Wildman–Crippen LogP) is 3.08. The van der Waals surface area contributed by atoms with Crippen LogP contribution in [0.15, 0.2) is 30.5 Å². The number of para-hydroxylation sites is 1. The van der Waals surface area contributed by atoms with Gasteiger partial charge in [0.05, 0.1) is 6.54 Å². The topological polar surface area (TPSA) is 36.1 Å². The van der Waals surface area contributed by atoms with Crippen molar-refractivity contribution in [1.29, 1.82) is 0 Å². The SMILES string of the molecule is CC1CCCN(CC(=O)c2c[nH]c3ccccc23)C1. The fourth-order valence-electron chi connectivity index (χ4n) is 3.02. The lowest BCUT2D eigenvalue weighted by Gasteiger charge is -2.30. The Balaban J connectivity index is 1.76. The third-order valence-corrected chi connectivity index (χ3v) is 4.00. The van der Waals surface area contributed by atoms with E-state index in [0.717, 1.165) is 29.6 Å². The van der Waals surface area contributed by atoms with Crippen LogP contribution in [0.25, 0.3) is 10.9 Å². The normalized spacial score (nSPS) is 20.8. The van der Waals surface area contributed by atoms with Crippen LogP contribution in [0.1, 0.15) is 30.1 Å². The van der Waals surface area contributed by atoms with Gasteiger partial charge in [-0.15, -0.1) is 0 Å². The molecule has 1 N–H and O–H groups in total. The van der Waals surface area contributed by atoms with Gasteiger partial charge in [0.25, 0.3) is 0 Å². The van der Waals surface area contributed by atoms with Crippen LogP contribution in [0, 0.1) is 5.92 Å². The van der Waals surface area contributed by atoms with E-state index in [2.05, 4.69) is 16.8 Å². The molecule has 0 spiro atoms. The maximum atomic E-state index is 12.4. The minimum absolute atomic E-state index is 0.228. The number of nitrogens with zero attached hydrogens (tertiary/aromatic N) is 1. The molecule has 1 unspecified atom stereocenters. The average molecular weight is 256 g/mol. The number of Topliss-reactive ketones (excluding diaryl/α,β-unsaturated/α-hetero) is 1. The zero-order chi connectivity index (χ0) is 13.2. The Morgan fingerprint density at radius 1 is 1.42 bits per heavy atom. The first kappa shape index (κ1) is 12.4. The van der Waals surface area contributed by atoms with Crippen LogP contribution in [-0.2, 0) is 0 Å². The first-order valence-electron chi connectivity index (χ1n) is 7.05. The van der Waals surface area contributed by atoms with Gasteiger partial charge in [-0.05, 0) is 31.4 Å². The summed E-state index contributed by atoms with van der Waals surface area (Å²) in [6.45, 7) is 4.92. The van der Waals surface area contributed by atoms with Crippen LogP contribution < -0.4 is 0 Å². The second kappa shape index (κ2) is 5.17. The number of aromatic nitrogens is 1. The van der Waals surface area contributed by atoms with Gasteiger partial charge in [-0.25, -0.2) is 0 Å². The Kier molecular flexibility index (Phi) is 3.38. The maximum Gasteiger partial charge on any atom is 0.178 e. The summed E-state index contributed by atoms with van der Waals surface area (Å²) < 4.78 is 0. The first-order chi connectivity index (χ1) is 9.24. The third kappa shape index (κ3) is 2.56. The summed E-state index contributed by atoms with van der Waals surface area (Å²) in [5.41, 5.74) is 1.87. The van der Waals surface area contributed by atoms with E-state index in [9.17, 15) is 4.79 Å². The highest BCUT2D eigenvalue weighted by Gasteiger charge is 2.20. The van der Waals surface area contributed by atoms with Crippen LogP contribution >= 0.6 is 0 Å². The molecule has 3 rings (SSSR count). The summed E-state index contributed by atoms with van der Waals surface area (Å²) in [6, 6.07) is 7.99. The summed E-state index contributed by atoms with van der Waals surface area (Å²) in [5.74, 6) is 0.941. The molecule has 0 bridgehead atoms. The van der Waals surface area contributed by atoms with Crippen molar-refractivity contribution in [2.24, 2.45) is 5.92 Å². The third-order valence-electron chi connectivity index (χ3n) is 4.00. The van der Waals surface area contributed by atoms with E-state index in [1.165, 1.54) is 12.8 Å². The summed E-state index contributed by atoms with van der Waals surface area (Å²) in [7, 11) is 0. The van der Waals surface area contributed by atoms with E-state index in [1.807, 2.05) is 30.5 Å². The van der Waals surface area contributed by atoms with Crippen molar-refractivity contribution in [3.8, 4) is 0 Å². The molecule has 1 aliphatic rings. The van der Waals surface area contributed by atoms with Gasteiger partial charge in [-0.3, -0.25) is 9.69 Å². The maximum absolute atomic E-state index is 12.4. The average Bonchev–Trinajstić information content (AvgIpc) is 2.82. The predicted molar refractivity (Wildman–Crippen MR) is 77.5 cm³/mol. The van der Waals surface area contributed by atoms with Gasteiger partial charge >= 0.3 is 0 Å². The van der Waals surface area contributed by atoms with Crippen molar-refractivity contribution >= 4 is 16.7 Å². The highest BCUT2D eigenvalue weighted by atomic mass is 16.1. The molecule has 19 heavy (non-hydrogen) atoms. The number of nitrogens with one attached hydrogen (secondary N) is 1. The van der Waals surface area contributed by atoms with Crippen molar-refractivity contribution < 1.29 is 4.79 Å².